The lowest BCUT2D eigenvalue weighted by Gasteiger charge is -2.17. The summed E-state index contributed by atoms with van der Waals surface area (Å²) in [5, 5.41) is 3.60. The number of aryl methyl sites for hydroxylation is 1. The molecule has 196 valence electrons. The number of fused-ring (bicyclic) bond motifs is 1. The third-order valence-corrected chi connectivity index (χ3v) is 7.82. The molecule has 2 N–H and O–H groups in total. The second-order valence-corrected chi connectivity index (χ2v) is 10.8. The molecular weight excluding hydrogens is 528 g/mol. The average molecular weight is 553 g/mol. The van der Waals surface area contributed by atoms with E-state index in [1.807, 2.05) is 0 Å². The summed E-state index contributed by atoms with van der Waals surface area (Å²) in [6.45, 7) is 1.73. The molecule has 0 fully saturated rings. The number of ether oxygens (including phenoxy) is 1. The number of nitrogens with zero attached hydrogens (tertiary/aromatic N) is 2. The monoisotopic (exact) mass is 552 g/mol. The molecule has 0 aliphatic rings. The number of sulfone groups is 1. The van der Waals surface area contributed by atoms with E-state index in [-0.39, 0.29) is 26.8 Å². The lowest BCUT2D eigenvalue weighted by atomic mass is 10.1. The van der Waals surface area contributed by atoms with Crippen molar-refractivity contribution in [3.63, 3.8) is 0 Å². The molecule has 4 rings (SSSR count). The topological polar surface area (TPSA) is 118 Å². The summed E-state index contributed by atoms with van der Waals surface area (Å²) in [5.41, 5.74) is 2.35. The van der Waals surface area contributed by atoms with Crippen molar-refractivity contribution >= 4 is 55.7 Å². The van der Waals surface area contributed by atoms with Crippen LogP contribution in [0.3, 0.4) is 0 Å². The zero-order valence-corrected chi connectivity index (χ0v) is 22.6. The van der Waals surface area contributed by atoms with Crippen LogP contribution < -0.4 is 14.9 Å². The van der Waals surface area contributed by atoms with E-state index in [1.165, 1.54) is 48.5 Å². The Hall–Kier alpha value is -4.15. The number of pyridine rings is 1. The molecule has 3 aromatic carbocycles. The Kier molecular flexibility index (Phi) is 7.56. The summed E-state index contributed by atoms with van der Waals surface area (Å²) in [6.07, 6.45) is 1.38. The van der Waals surface area contributed by atoms with Crippen LogP contribution in [-0.4, -0.2) is 51.3 Å². The summed E-state index contributed by atoms with van der Waals surface area (Å²) in [6, 6.07) is 15.9. The first-order chi connectivity index (χ1) is 18.1. The molecule has 4 aromatic rings. The van der Waals surface area contributed by atoms with Gasteiger partial charge in [-0.05, 0) is 55.0 Å². The Labute approximate surface area is 225 Å². The fourth-order valence-corrected chi connectivity index (χ4v) is 5.51. The zero-order chi connectivity index (χ0) is 27.6. The maximum Gasteiger partial charge on any atom is 0.269 e. The molecule has 9 nitrogen and oxygen atoms in total. The highest BCUT2D eigenvalue weighted by molar-refractivity contribution is 7.91. The third kappa shape index (κ3) is 5.13. The van der Waals surface area contributed by atoms with Gasteiger partial charge >= 0.3 is 0 Å². The molecule has 0 aliphatic heterocycles. The van der Waals surface area contributed by atoms with E-state index in [4.69, 9.17) is 16.5 Å². The van der Waals surface area contributed by atoms with Crippen LogP contribution >= 0.6 is 11.8 Å². The normalized spacial score (nSPS) is 11.2. The van der Waals surface area contributed by atoms with E-state index in [0.717, 1.165) is 0 Å². The SMILES string of the molecule is COc1cccc(Nc2c(C(=O)NCl)cnc3c(C)cc(S(=O)(=O)c4cccc(C(=O)N(C)C)c4)cc23)c1. The molecule has 0 spiro atoms. The molecule has 2 amide bonds. The molecule has 1 aromatic heterocycles. The molecule has 0 unspecified atom stereocenters. The Morgan fingerprint density at radius 3 is 2.42 bits per heavy atom. The molecule has 0 bridgehead atoms. The van der Waals surface area contributed by atoms with E-state index >= 15 is 0 Å². The number of rotatable bonds is 7. The maximum absolute atomic E-state index is 13.7. The average Bonchev–Trinajstić information content (AvgIpc) is 2.92. The van der Waals surface area contributed by atoms with Crippen molar-refractivity contribution in [2.75, 3.05) is 26.5 Å². The number of benzene rings is 3. The standard InChI is InChI=1S/C27H25ClN4O5S/c1-16-11-21(38(35,36)20-10-5-7-17(12-20)27(34)32(2)3)14-22-24(16)29-15-23(26(33)31-28)25(22)30-18-8-6-9-19(13-18)37-4/h5-15H,1-4H3,(H,29,30)(H,31,33). The van der Waals surface area contributed by atoms with Crippen LogP contribution in [0.4, 0.5) is 11.4 Å². The largest absolute Gasteiger partial charge is 0.497 e. The minimum atomic E-state index is -4.05. The molecule has 38 heavy (non-hydrogen) atoms. The van der Waals surface area contributed by atoms with Gasteiger partial charge in [0.05, 0.1) is 33.7 Å². The van der Waals surface area contributed by atoms with Gasteiger partial charge in [0.25, 0.3) is 11.8 Å². The number of hydrogen-bond donors (Lipinski definition) is 2. The highest BCUT2D eigenvalue weighted by atomic mass is 35.5. The van der Waals surface area contributed by atoms with Gasteiger partial charge in [-0.1, -0.05) is 12.1 Å². The lowest BCUT2D eigenvalue weighted by Crippen LogP contribution is -2.21. The number of aromatic nitrogens is 1. The van der Waals surface area contributed by atoms with Crippen LogP contribution in [0.15, 0.2) is 76.7 Å². The van der Waals surface area contributed by atoms with Crippen molar-refractivity contribution < 1.29 is 22.7 Å². The van der Waals surface area contributed by atoms with Crippen LogP contribution in [0.2, 0.25) is 0 Å². The van der Waals surface area contributed by atoms with Gasteiger partial charge in [-0.15, -0.1) is 0 Å². The second-order valence-electron chi connectivity index (χ2n) is 8.69. The van der Waals surface area contributed by atoms with E-state index in [2.05, 4.69) is 15.1 Å². The summed E-state index contributed by atoms with van der Waals surface area (Å²) in [7, 11) is 0.674. The highest BCUT2D eigenvalue weighted by Gasteiger charge is 2.24. The number of anilines is 2. The second kappa shape index (κ2) is 10.7. The Balaban J connectivity index is 1.93. The lowest BCUT2D eigenvalue weighted by molar-refractivity contribution is 0.0827. The number of amides is 2. The fourth-order valence-electron chi connectivity index (χ4n) is 4.00. The van der Waals surface area contributed by atoms with Crippen molar-refractivity contribution in [2.45, 2.75) is 16.7 Å². The maximum atomic E-state index is 13.7. The van der Waals surface area contributed by atoms with Crippen LogP contribution in [0.5, 0.6) is 5.75 Å². The number of methoxy groups -OCH3 is 1. The van der Waals surface area contributed by atoms with Gasteiger partial charge < -0.3 is 15.0 Å². The van der Waals surface area contributed by atoms with Gasteiger partial charge in [0.15, 0.2) is 0 Å². The molecule has 1 heterocycles. The van der Waals surface area contributed by atoms with Gasteiger partial charge in [-0.2, -0.15) is 0 Å². The first-order valence-electron chi connectivity index (χ1n) is 11.4. The first-order valence-corrected chi connectivity index (χ1v) is 13.2. The predicted octanol–water partition coefficient (Wildman–Crippen LogP) is 4.71. The minimum Gasteiger partial charge on any atom is -0.497 e. The zero-order valence-electron chi connectivity index (χ0n) is 21.1. The summed E-state index contributed by atoms with van der Waals surface area (Å²) >= 11 is 5.64. The van der Waals surface area contributed by atoms with Gasteiger partial charge in [0, 0.05) is 54.8 Å². The third-order valence-electron chi connectivity index (χ3n) is 5.91. The molecule has 0 saturated heterocycles. The van der Waals surface area contributed by atoms with E-state index < -0.39 is 15.7 Å². The fraction of sp³-hybridized carbons (Fsp3) is 0.148. The molecule has 11 heteroatoms. The van der Waals surface area contributed by atoms with Crippen molar-refractivity contribution in [1.29, 1.82) is 0 Å². The van der Waals surface area contributed by atoms with E-state index in [1.54, 1.807) is 51.4 Å². The van der Waals surface area contributed by atoms with Crippen LogP contribution in [0.1, 0.15) is 26.3 Å². The quantitative estimate of drug-likeness (QED) is 0.319. The van der Waals surface area contributed by atoms with Crippen LogP contribution in [0, 0.1) is 6.92 Å². The van der Waals surface area contributed by atoms with Crippen molar-refractivity contribution in [3.05, 3.63) is 83.6 Å². The molecular formula is C27H25ClN4O5S. The van der Waals surface area contributed by atoms with Gasteiger partial charge in [0.1, 0.15) is 5.75 Å². The highest BCUT2D eigenvalue weighted by Crippen LogP contribution is 2.35. The van der Waals surface area contributed by atoms with Crippen LogP contribution in [0.25, 0.3) is 10.9 Å². The Morgan fingerprint density at radius 2 is 1.74 bits per heavy atom. The predicted molar refractivity (Wildman–Crippen MR) is 146 cm³/mol. The smallest absolute Gasteiger partial charge is 0.269 e. The van der Waals surface area contributed by atoms with Crippen LogP contribution in [-0.2, 0) is 9.84 Å². The Morgan fingerprint density at radius 1 is 1.00 bits per heavy atom. The van der Waals surface area contributed by atoms with Crippen molar-refractivity contribution in [3.8, 4) is 5.75 Å². The minimum absolute atomic E-state index is 0.0177. The summed E-state index contributed by atoms with van der Waals surface area (Å²) in [5.74, 6) is -0.349. The van der Waals surface area contributed by atoms with Crippen molar-refractivity contribution in [1.82, 2.24) is 14.7 Å². The molecule has 0 aliphatic carbocycles. The summed E-state index contributed by atoms with van der Waals surface area (Å²) < 4.78 is 32.7. The Bertz CT molecular complexity index is 1670. The van der Waals surface area contributed by atoms with Crippen molar-refractivity contribution in [2.24, 2.45) is 0 Å². The number of nitrogens with one attached hydrogen (secondary N) is 2. The molecule has 0 radical (unpaired) electrons. The first kappa shape index (κ1) is 26.9. The number of carbonyl (C=O) groups is 2. The van der Waals surface area contributed by atoms with Gasteiger partial charge in [-0.25, -0.2) is 8.42 Å². The van der Waals surface area contributed by atoms with Gasteiger partial charge in [0.2, 0.25) is 9.84 Å². The summed E-state index contributed by atoms with van der Waals surface area (Å²) in [4.78, 5) is 32.9. The number of halogens is 1. The van der Waals surface area contributed by atoms with Gasteiger partial charge in [-0.3, -0.25) is 19.4 Å². The number of carbonyl (C=O) groups excluding carboxylic acids is 2. The van der Waals surface area contributed by atoms with E-state index in [0.29, 0.717) is 33.6 Å². The van der Waals surface area contributed by atoms with E-state index in [9.17, 15) is 18.0 Å². The number of hydrogen-bond acceptors (Lipinski definition) is 7. The molecule has 0 atom stereocenters. The molecule has 0 saturated carbocycles.